The van der Waals surface area contributed by atoms with Gasteiger partial charge in [0.25, 0.3) is 5.91 Å². The van der Waals surface area contributed by atoms with Gasteiger partial charge in [0.15, 0.2) is 0 Å². The number of nitrogens with zero attached hydrogens (tertiary/aromatic N) is 3. The lowest BCUT2D eigenvalue weighted by Gasteiger charge is -2.33. The summed E-state index contributed by atoms with van der Waals surface area (Å²) < 4.78 is 45.3. The minimum Gasteiger partial charge on any atom is -0.488 e. The number of fused-ring (bicyclic) bond motifs is 1. The zero-order valence-corrected chi connectivity index (χ0v) is 20.7. The Morgan fingerprint density at radius 3 is 2.62 bits per heavy atom. The number of benzene rings is 1. The van der Waals surface area contributed by atoms with E-state index < -0.39 is 21.7 Å². The van der Waals surface area contributed by atoms with Crippen LogP contribution < -0.4 is 15.8 Å². The second-order valence-electron chi connectivity index (χ2n) is 8.42. The largest absolute Gasteiger partial charge is 0.488 e. The molecular formula is C22H26FN5O4S2. The SMILES string of the molecule is Cc1c(C(N)=O)sc2ncnc(Nc3ccc(F)cc3O[C@H]3CC[C@@H](N(C)S(C)(=O)=O)CC3)c12. The van der Waals surface area contributed by atoms with Crippen molar-refractivity contribution in [3.8, 4) is 5.75 Å². The molecule has 182 valence electrons. The van der Waals surface area contributed by atoms with Gasteiger partial charge in [-0.05, 0) is 50.3 Å². The van der Waals surface area contributed by atoms with Gasteiger partial charge in [0.05, 0.1) is 28.3 Å². The molecule has 1 aliphatic carbocycles. The predicted octanol–water partition coefficient (Wildman–Crippen LogP) is 3.56. The first-order valence-corrected chi connectivity index (χ1v) is 13.4. The highest BCUT2D eigenvalue weighted by Crippen LogP contribution is 2.37. The van der Waals surface area contributed by atoms with Gasteiger partial charge in [0.1, 0.15) is 28.5 Å². The summed E-state index contributed by atoms with van der Waals surface area (Å²) in [6, 6.07) is 4.12. The molecule has 0 unspecified atom stereocenters. The Labute approximate surface area is 201 Å². The van der Waals surface area contributed by atoms with Gasteiger partial charge in [-0.15, -0.1) is 11.3 Å². The molecule has 1 aromatic carbocycles. The van der Waals surface area contributed by atoms with E-state index in [9.17, 15) is 17.6 Å². The quantitative estimate of drug-likeness (QED) is 0.500. The average molecular weight is 508 g/mol. The van der Waals surface area contributed by atoms with E-state index in [4.69, 9.17) is 10.5 Å². The number of sulfonamides is 1. The third kappa shape index (κ3) is 4.98. The highest BCUT2D eigenvalue weighted by Gasteiger charge is 2.29. The Kier molecular flexibility index (Phi) is 6.74. The van der Waals surface area contributed by atoms with E-state index in [1.807, 2.05) is 0 Å². The summed E-state index contributed by atoms with van der Waals surface area (Å²) in [5, 5.41) is 3.86. The van der Waals surface area contributed by atoms with E-state index in [1.54, 1.807) is 20.0 Å². The van der Waals surface area contributed by atoms with Crippen LogP contribution in [0.25, 0.3) is 10.2 Å². The lowest BCUT2D eigenvalue weighted by Crippen LogP contribution is -2.40. The fraction of sp³-hybridized carbons (Fsp3) is 0.409. The Hall–Kier alpha value is -2.83. The first kappa shape index (κ1) is 24.3. The van der Waals surface area contributed by atoms with Crippen LogP contribution in [0.4, 0.5) is 15.9 Å². The zero-order valence-electron chi connectivity index (χ0n) is 19.0. The number of ether oxygens (including phenoxy) is 1. The maximum Gasteiger partial charge on any atom is 0.259 e. The van der Waals surface area contributed by atoms with Crippen LogP contribution in [0, 0.1) is 12.7 Å². The molecule has 2 aromatic heterocycles. The van der Waals surface area contributed by atoms with Crippen LogP contribution in [0.5, 0.6) is 5.75 Å². The molecule has 0 spiro atoms. The van der Waals surface area contributed by atoms with Crippen molar-refractivity contribution in [1.82, 2.24) is 14.3 Å². The summed E-state index contributed by atoms with van der Waals surface area (Å²) in [7, 11) is -1.67. The molecule has 1 amide bonds. The normalized spacial score (nSPS) is 18.9. The van der Waals surface area contributed by atoms with E-state index in [1.165, 1.54) is 40.4 Å². The molecule has 0 saturated heterocycles. The van der Waals surface area contributed by atoms with Crippen molar-refractivity contribution in [2.45, 2.75) is 44.8 Å². The molecule has 34 heavy (non-hydrogen) atoms. The third-order valence-electron chi connectivity index (χ3n) is 6.12. The number of thiophene rings is 1. The molecule has 4 rings (SSSR count). The number of primary amides is 1. The lowest BCUT2D eigenvalue weighted by molar-refractivity contribution is 0.100. The first-order valence-electron chi connectivity index (χ1n) is 10.7. The number of rotatable bonds is 7. The lowest BCUT2D eigenvalue weighted by atomic mass is 9.93. The molecule has 3 N–H and O–H groups in total. The molecule has 0 atom stereocenters. The molecule has 0 radical (unpaired) electrons. The van der Waals surface area contributed by atoms with E-state index in [-0.39, 0.29) is 12.1 Å². The molecule has 9 nitrogen and oxygen atoms in total. The molecule has 1 saturated carbocycles. The summed E-state index contributed by atoms with van der Waals surface area (Å²) in [5.74, 6) is -0.188. The molecule has 12 heteroatoms. The maximum atomic E-state index is 14.1. The van der Waals surface area contributed by atoms with Gasteiger partial charge in [-0.2, -0.15) is 0 Å². The summed E-state index contributed by atoms with van der Waals surface area (Å²) in [5.41, 5.74) is 6.67. The number of amides is 1. The highest BCUT2D eigenvalue weighted by atomic mass is 32.2. The fourth-order valence-electron chi connectivity index (χ4n) is 4.20. The van der Waals surface area contributed by atoms with E-state index >= 15 is 0 Å². The van der Waals surface area contributed by atoms with Crippen molar-refractivity contribution in [2.75, 3.05) is 18.6 Å². The van der Waals surface area contributed by atoms with Crippen LogP contribution in [0.3, 0.4) is 0 Å². The van der Waals surface area contributed by atoms with Crippen molar-refractivity contribution in [2.24, 2.45) is 5.73 Å². The van der Waals surface area contributed by atoms with Crippen LogP contribution in [0.2, 0.25) is 0 Å². The van der Waals surface area contributed by atoms with Gasteiger partial charge in [-0.25, -0.2) is 27.1 Å². The second-order valence-corrected chi connectivity index (χ2v) is 11.5. The van der Waals surface area contributed by atoms with Gasteiger partial charge < -0.3 is 15.8 Å². The van der Waals surface area contributed by atoms with Crippen LogP contribution >= 0.6 is 11.3 Å². The minimum absolute atomic E-state index is 0.0738. The van der Waals surface area contributed by atoms with Crippen molar-refractivity contribution in [3.05, 3.63) is 40.8 Å². The average Bonchev–Trinajstić information content (AvgIpc) is 3.13. The minimum atomic E-state index is -3.26. The fourth-order valence-corrected chi connectivity index (χ4v) is 5.96. The number of aromatic nitrogens is 2. The summed E-state index contributed by atoms with van der Waals surface area (Å²) >= 11 is 1.19. The number of carbonyl (C=O) groups excluding carboxylic acids is 1. The number of aryl methyl sites for hydroxylation is 1. The predicted molar refractivity (Wildman–Crippen MR) is 130 cm³/mol. The second kappa shape index (κ2) is 9.43. The molecule has 0 aliphatic heterocycles. The number of hydrogen-bond donors (Lipinski definition) is 2. The zero-order chi connectivity index (χ0) is 24.6. The van der Waals surface area contributed by atoms with Crippen LogP contribution in [-0.2, 0) is 10.0 Å². The topological polar surface area (TPSA) is 128 Å². The Bertz CT molecular complexity index is 1340. The number of halogens is 1. The van der Waals surface area contributed by atoms with Crippen LogP contribution in [0.15, 0.2) is 24.5 Å². The number of nitrogens with two attached hydrogens (primary N) is 1. The Morgan fingerprint density at radius 1 is 1.26 bits per heavy atom. The van der Waals surface area contributed by atoms with Gasteiger partial charge in [0, 0.05) is 19.2 Å². The van der Waals surface area contributed by atoms with E-state index in [0.29, 0.717) is 63.6 Å². The number of hydrogen-bond acceptors (Lipinski definition) is 8. The van der Waals surface area contributed by atoms with Gasteiger partial charge in [0.2, 0.25) is 10.0 Å². The van der Waals surface area contributed by atoms with E-state index in [0.717, 1.165) is 0 Å². The van der Waals surface area contributed by atoms with Crippen molar-refractivity contribution in [3.63, 3.8) is 0 Å². The standard InChI is InChI=1S/C22H26FN5O4S2/c1-12-18-21(25-11-26-22(18)33-19(12)20(24)29)27-16-9-4-13(23)10-17(16)32-15-7-5-14(6-8-15)28(2)34(3,30)31/h4,9-11,14-15H,5-8H2,1-3H3,(H2,24,29)(H,25,26,27)/t14-,15+. The van der Waals surface area contributed by atoms with Crippen LogP contribution in [-0.4, -0.2) is 54.0 Å². The molecule has 2 heterocycles. The molecule has 1 aliphatic rings. The van der Waals surface area contributed by atoms with Gasteiger partial charge in [-0.3, -0.25) is 4.79 Å². The summed E-state index contributed by atoms with van der Waals surface area (Å²) in [4.78, 5) is 21.3. The highest BCUT2D eigenvalue weighted by molar-refractivity contribution is 7.88. The monoisotopic (exact) mass is 507 g/mol. The molecule has 3 aromatic rings. The summed E-state index contributed by atoms with van der Waals surface area (Å²) in [6.45, 7) is 1.78. The molecular weight excluding hydrogens is 481 g/mol. The van der Waals surface area contributed by atoms with Crippen molar-refractivity contribution < 1.29 is 22.3 Å². The van der Waals surface area contributed by atoms with Crippen molar-refractivity contribution in [1.29, 1.82) is 0 Å². The first-order chi connectivity index (χ1) is 16.0. The Balaban J connectivity index is 1.56. The van der Waals surface area contributed by atoms with Gasteiger partial charge >= 0.3 is 0 Å². The summed E-state index contributed by atoms with van der Waals surface area (Å²) in [6.07, 6.45) is 5.00. The number of nitrogens with one attached hydrogen (secondary N) is 1. The molecule has 1 fully saturated rings. The van der Waals surface area contributed by atoms with Crippen LogP contribution in [0.1, 0.15) is 40.9 Å². The number of anilines is 2. The van der Waals surface area contributed by atoms with Gasteiger partial charge in [-0.1, -0.05) is 0 Å². The number of carbonyl (C=O) groups is 1. The van der Waals surface area contributed by atoms with E-state index in [2.05, 4.69) is 15.3 Å². The third-order valence-corrected chi connectivity index (χ3v) is 8.68. The smallest absolute Gasteiger partial charge is 0.259 e. The van der Waals surface area contributed by atoms with Crippen molar-refractivity contribution >= 4 is 49.0 Å². The molecule has 0 bridgehead atoms. The maximum absolute atomic E-state index is 14.1. The Morgan fingerprint density at radius 2 is 1.97 bits per heavy atom.